The zero-order valence-corrected chi connectivity index (χ0v) is 23.6. The van der Waals surface area contributed by atoms with Crippen molar-refractivity contribution in [2.24, 2.45) is 0 Å². The molecule has 0 radical (unpaired) electrons. The summed E-state index contributed by atoms with van der Waals surface area (Å²) < 4.78 is 37.1. The molecule has 1 fully saturated rings. The molecule has 218 valence electrons. The second-order valence-corrected chi connectivity index (χ2v) is 12.2. The first kappa shape index (κ1) is 30.0. The van der Waals surface area contributed by atoms with Crippen molar-refractivity contribution in [2.45, 2.75) is 34.9 Å². The van der Waals surface area contributed by atoms with Gasteiger partial charge in [-0.15, -0.1) is 0 Å². The maximum Gasteiger partial charge on any atom is 0.321 e. The number of hydrogen-bond donors (Lipinski definition) is 3. The maximum absolute atomic E-state index is 13.7. The molecule has 3 aromatic carbocycles. The molecule has 3 N–H and O–H groups in total. The van der Waals surface area contributed by atoms with E-state index in [4.69, 9.17) is 9.47 Å². The van der Waals surface area contributed by atoms with E-state index in [-0.39, 0.29) is 35.7 Å². The summed E-state index contributed by atoms with van der Waals surface area (Å²) >= 11 is 0. The molecule has 1 unspecified atom stereocenters. The minimum absolute atomic E-state index is 0.140. The number of benzene rings is 3. The molecule has 2 atom stereocenters. The first-order valence-electron chi connectivity index (χ1n) is 13.1. The van der Waals surface area contributed by atoms with Crippen LogP contribution in [0.5, 0.6) is 11.5 Å². The van der Waals surface area contributed by atoms with Gasteiger partial charge < -0.3 is 25.2 Å². The molecule has 3 aromatic rings. The summed E-state index contributed by atoms with van der Waals surface area (Å²) in [7, 11) is -0.873. The van der Waals surface area contributed by atoms with Gasteiger partial charge in [-0.05, 0) is 49.2 Å². The van der Waals surface area contributed by atoms with Crippen LogP contribution in [0.15, 0.2) is 71.6 Å². The molecule has 0 saturated carbocycles. The van der Waals surface area contributed by atoms with Crippen molar-refractivity contribution < 1.29 is 32.7 Å². The van der Waals surface area contributed by atoms with E-state index in [0.717, 1.165) is 0 Å². The van der Waals surface area contributed by atoms with Crippen molar-refractivity contribution >= 4 is 21.5 Å². The number of carboxylic acids is 1. The lowest BCUT2D eigenvalue weighted by Gasteiger charge is -2.38. The molecule has 41 heavy (non-hydrogen) atoms. The Balaban J connectivity index is 1.64. The fourth-order valence-corrected chi connectivity index (χ4v) is 7.23. The standard InChI is InChI=1S/C29H33N3O8S/c1-39-25-10-6-11-26(40-2)27(25)21-13-12-20(24(17-21)32(35)36)16-23(28(33)34)31-19-29(14-7-15-30-18-29)41(37,38)22-8-4-3-5-9-22/h3-6,8-13,17,23,30-31H,7,14-16,18-19H2,1-2H3,(H,33,34)/t23-,29?/m0/s1. The van der Waals surface area contributed by atoms with E-state index in [1.807, 2.05) is 0 Å². The van der Waals surface area contributed by atoms with E-state index in [1.165, 1.54) is 38.5 Å². The third-order valence-electron chi connectivity index (χ3n) is 7.45. The molecule has 11 nitrogen and oxygen atoms in total. The van der Waals surface area contributed by atoms with Crippen LogP contribution in [0.3, 0.4) is 0 Å². The van der Waals surface area contributed by atoms with Crippen molar-refractivity contribution in [3.8, 4) is 22.6 Å². The van der Waals surface area contributed by atoms with E-state index in [2.05, 4.69) is 10.6 Å². The van der Waals surface area contributed by atoms with Crippen LogP contribution in [0.1, 0.15) is 18.4 Å². The Morgan fingerprint density at radius 2 is 1.78 bits per heavy atom. The summed E-state index contributed by atoms with van der Waals surface area (Å²) in [6.45, 7) is 0.668. The minimum Gasteiger partial charge on any atom is -0.496 e. The summed E-state index contributed by atoms with van der Waals surface area (Å²) in [6, 6.07) is 16.5. The number of carbonyl (C=O) groups is 1. The lowest BCUT2D eigenvalue weighted by Crippen LogP contribution is -2.59. The Morgan fingerprint density at radius 1 is 1.10 bits per heavy atom. The van der Waals surface area contributed by atoms with Gasteiger partial charge >= 0.3 is 5.97 Å². The highest BCUT2D eigenvalue weighted by molar-refractivity contribution is 7.93. The highest BCUT2D eigenvalue weighted by atomic mass is 32.2. The number of sulfone groups is 1. The zero-order valence-electron chi connectivity index (χ0n) is 22.8. The summed E-state index contributed by atoms with van der Waals surface area (Å²) in [5, 5.41) is 28.2. The van der Waals surface area contributed by atoms with Crippen molar-refractivity contribution in [1.29, 1.82) is 0 Å². The third-order valence-corrected chi connectivity index (χ3v) is 9.97. The van der Waals surface area contributed by atoms with Crippen LogP contribution in [-0.2, 0) is 21.1 Å². The first-order valence-corrected chi connectivity index (χ1v) is 14.6. The normalized spacial score (nSPS) is 17.9. The molecule has 1 aliphatic rings. The number of aliphatic carboxylic acids is 1. The highest BCUT2D eigenvalue weighted by Gasteiger charge is 2.46. The van der Waals surface area contributed by atoms with Gasteiger partial charge in [0, 0.05) is 31.1 Å². The summed E-state index contributed by atoms with van der Waals surface area (Å²) in [6.07, 6.45) is 0.709. The molecule has 0 spiro atoms. The van der Waals surface area contributed by atoms with Crippen molar-refractivity contribution in [2.75, 3.05) is 33.9 Å². The van der Waals surface area contributed by atoms with Crippen LogP contribution >= 0.6 is 0 Å². The Kier molecular flexibility index (Phi) is 9.26. The van der Waals surface area contributed by atoms with Crippen LogP contribution in [0.2, 0.25) is 0 Å². The molecule has 4 rings (SSSR count). The van der Waals surface area contributed by atoms with E-state index in [0.29, 0.717) is 42.0 Å². The third kappa shape index (κ3) is 6.19. The fourth-order valence-electron chi connectivity index (χ4n) is 5.24. The largest absolute Gasteiger partial charge is 0.496 e. The second kappa shape index (κ2) is 12.7. The van der Waals surface area contributed by atoms with Crippen LogP contribution < -0.4 is 20.1 Å². The van der Waals surface area contributed by atoms with E-state index in [1.54, 1.807) is 42.5 Å². The van der Waals surface area contributed by atoms with Crippen LogP contribution in [0.4, 0.5) is 5.69 Å². The molecule has 1 heterocycles. The Labute approximate surface area is 238 Å². The van der Waals surface area contributed by atoms with Crippen LogP contribution in [0.25, 0.3) is 11.1 Å². The molecule has 0 aliphatic carbocycles. The van der Waals surface area contributed by atoms with E-state index >= 15 is 0 Å². The minimum atomic E-state index is -3.84. The number of nitrogens with one attached hydrogen (secondary N) is 2. The van der Waals surface area contributed by atoms with Gasteiger partial charge in [0.25, 0.3) is 5.69 Å². The second-order valence-electron chi connectivity index (χ2n) is 9.89. The quantitative estimate of drug-likeness (QED) is 0.213. The van der Waals surface area contributed by atoms with Crippen LogP contribution in [-0.4, -0.2) is 69.1 Å². The van der Waals surface area contributed by atoms with Crippen molar-refractivity contribution in [3.63, 3.8) is 0 Å². The molecular formula is C29H33N3O8S. The molecule has 0 aromatic heterocycles. The lowest BCUT2D eigenvalue weighted by atomic mass is 9.96. The monoisotopic (exact) mass is 583 g/mol. The van der Waals surface area contributed by atoms with Gasteiger partial charge in [-0.2, -0.15) is 0 Å². The van der Waals surface area contributed by atoms with Gasteiger partial charge in [-0.25, -0.2) is 8.42 Å². The van der Waals surface area contributed by atoms with Gasteiger partial charge in [0.1, 0.15) is 22.3 Å². The fraction of sp³-hybridized carbons (Fsp3) is 0.345. The molecule has 1 saturated heterocycles. The Hall–Kier alpha value is -4.00. The molecular weight excluding hydrogens is 550 g/mol. The smallest absolute Gasteiger partial charge is 0.321 e. The van der Waals surface area contributed by atoms with Crippen molar-refractivity contribution in [3.05, 3.63) is 82.4 Å². The first-order chi connectivity index (χ1) is 19.6. The number of carboxylic acid groups (broad SMARTS) is 1. The number of piperidine rings is 1. The van der Waals surface area contributed by atoms with Crippen LogP contribution in [0, 0.1) is 10.1 Å². The number of hydrogen-bond acceptors (Lipinski definition) is 9. The van der Waals surface area contributed by atoms with E-state index < -0.39 is 31.5 Å². The van der Waals surface area contributed by atoms with Gasteiger partial charge in [0.05, 0.1) is 29.6 Å². The highest BCUT2D eigenvalue weighted by Crippen LogP contribution is 2.40. The van der Waals surface area contributed by atoms with E-state index in [9.17, 15) is 28.4 Å². The predicted molar refractivity (Wildman–Crippen MR) is 153 cm³/mol. The lowest BCUT2D eigenvalue weighted by molar-refractivity contribution is -0.385. The van der Waals surface area contributed by atoms with Crippen molar-refractivity contribution in [1.82, 2.24) is 10.6 Å². The average Bonchev–Trinajstić information content (AvgIpc) is 2.99. The Morgan fingerprint density at radius 3 is 2.34 bits per heavy atom. The summed E-state index contributed by atoms with van der Waals surface area (Å²) in [5.74, 6) is -0.323. The molecule has 0 bridgehead atoms. The van der Waals surface area contributed by atoms with Gasteiger partial charge in [-0.1, -0.05) is 36.4 Å². The topological polar surface area (TPSA) is 157 Å². The number of nitro benzene ring substituents is 1. The molecule has 1 aliphatic heterocycles. The number of rotatable bonds is 12. The predicted octanol–water partition coefficient (Wildman–Crippen LogP) is 3.46. The summed E-state index contributed by atoms with van der Waals surface area (Å²) in [4.78, 5) is 24.0. The zero-order chi connectivity index (χ0) is 29.6. The number of nitro groups is 1. The molecule has 12 heteroatoms. The molecule has 0 amide bonds. The summed E-state index contributed by atoms with van der Waals surface area (Å²) in [5.41, 5.74) is 0.914. The maximum atomic E-state index is 13.7. The van der Waals surface area contributed by atoms with Gasteiger partial charge in [-0.3, -0.25) is 14.9 Å². The number of nitrogens with zero attached hydrogens (tertiary/aromatic N) is 1. The Bertz CT molecular complexity index is 1480. The average molecular weight is 584 g/mol. The van der Waals surface area contributed by atoms with Gasteiger partial charge in [0.15, 0.2) is 9.84 Å². The van der Waals surface area contributed by atoms with Gasteiger partial charge in [0.2, 0.25) is 0 Å². The SMILES string of the molecule is COc1cccc(OC)c1-c1ccc(C[C@H](NCC2(S(=O)(=O)c3ccccc3)CCCNC2)C(=O)O)c([N+](=O)[O-])c1. The number of ether oxygens (including phenoxy) is 2. The number of methoxy groups -OCH3 is 2.